The Kier molecular flexibility index (Phi) is 6.54. The van der Waals surface area contributed by atoms with Crippen molar-refractivity contribution in [2.45, 2.75) is 12.1 Å². The third-order valence-corrected chi connectivity index (χ3v) is 4.74. The van der Waals surface area contributed by atoms with Crippen LogP contribution in [0.15, 0.2) is 60.0 Å². The van der Waals surface area contributed by atoms with Gasteiger partial charge in [-0.3, -0.25) is 9.36 Å². The number of imidazole rings is 1. The van der Waals surface area contributed by atoms with E-state index in [1.807, 2.05) is 6.92 Å². The van der Waals surface area contributed by atoms with Crippen LogP contribution in [0.25, 0.3) is 5.69 Å². The zero-order chi connectivity index (χ0) is 19.9. The first-order chi connectivity index (χ1) is 13.6. The van der Waals surface area contributed by atoms with Gasteiger partial charge in [-0.2, -0.15) is 0 Å². The molecule has 0 aliphatic heterocycles. The molecule has 1 heterocycles. The molecule has 2 aromatic carbocycles. The summed E-state index contributed by atoms with van der Waals surface area (Å²) in [6.07, 6.45) is 3.34. The maximum atomic E-state index is 13.5. The Hall–Kier alpha value is -3.00. The highest BCUT2D eigenvalue weighted by atomic mass is 32.2. The minimum Gasteiger partial charge on any atom is -0.493 e. The number of nitrogens with one attached hydrogen (secondary N) is 1. The van der Waals surface area contributed by atoms with E-state index in [2.05, 4.69) is 10.3 Å². The molecule has 146 valence electrons. The predicted molar refractivity (Wildman–Crippen MR) is 107 cm³/mol. The van der Waals surface area contributed by atoms with E-state index in [-0.39, 0.29) is 17.5 Å². The minimum atomic E-state index is -0.329. The number of aromatic nitrogens is 2. The number of ether oxygens (including phenoxy) is 2. The van der Waals surface area contributed by atoms with Gasteiger partial charge < -0.3 is 14.8 Å². The minimum absolute atomic E-state index is 0.155. The smallest absolute Gasteiger partial charge is 0.234 e. The number of hydrogen-bond donors (Lipinski definition) is 1. The summed E-state index contributed by atoms with van der Waals surface area (Å²) in [6.45, 7) is 2.41. The fraction of sp³-hybridized carbons (Fsp3) is 0.200. The van der Waals surface area contributed by atoms with Gasteiger partial charge in [-0.15, -0.1) is 0 Å². The van der Waals surface area contributed by atoms with Crippen molar-refractivity contribution < 1.29 is 18.7 Å². The van der Waals surface area contributed by atoms with Gasteiger partial charge in [-0.25, -0.2) is 9.37 Å². The summed E-state index contributed by atoms with van der Waals surface area (Å²) in [7, 11) is 1.55. The zero-order valence-electron chi connectivity index (χ0n) is 15.5. The van der Waals surface area contributed by atoms with Gasteiger partial charge in [0.15, 0.2) is 16.7 Å². The Morgan fingerprint density at radius 2 is 2.11 bits per heavy atom. The average Bonchev–Trinajstić information content (AvgIpc) is 3.16. The van der Waals surface area contributed by atoms with Gasteiger partial charge in [0.25, 0.3) is 0 Å². The van der Waals surface area contributed by atoms with Gasteiger partial charge in [-0.05, 0) is 37.3 Å². The Morgan fingerprint density at radius 3 is 2.86 bits per heavy atom. The number of methoxy groups -OCH3 is 1. The van der Waals surface area contributed by atoms with E-state index in [0.29, 0.717) is 34.6 Å². The van der Waals surface area contributed by atoms with Crippen LogP contribution in [0.2, 0.25) is 0 Å². The fourth-order valence-electron chi connectivity index (χ4n) is 2.57. The van der Waals surface area contributed by atoms with Crippen molar-refractivity contribution in [1.29, 1.82) is 0 Å². The van der Waals surface area contributed by atoms with Crippen LogP contribution in [0.4, 0.5) is 10.1 Å². The third kappa shape index (κ3) is 4.83. The molecule has 0 saturated heterocycles. The number of nitrogens with zero attached hydrogens (tertiary/aromatic N) is 2. The van der Waals surface area contributed by atoms with Gasteiger partial charge in [0.2, 0.25) is 5.91 Å². The maximum absolute atomic E-state index is 13.5. The molecule has 0 aliphatic carbocycles. The number of anilines is 1. The van der Waals surface area contributed by atoms with E-state index in [1.165, 1.54) is 23.9 Å². The summed E-state index contributed by atoms with van der Waals surface area (Å²) in [4.78, 5) is 16.6. The number of thioether (sulfide) groups is 1. The van der Waals surface area contributed by atoms with Crippen molar-refractivity contribution >= 4 is 23.4 Å². The SMILES string of the molecule is CCOc1ccc(NC(=O)CSc2nccn2-c2cccc(F)c2)cc1OC. The molecular weight excluding hydrogens is 381 g/mol. The van der Waals surface area contributed by atoms with E-state index >= 15 is 0 Å². The molecule has 0 aliphatic rings. The van der Waals surface area contributed by atoms with Crippen LogP contribution in [0.3, 0.4) is 0 Å². The van der Waals surface area contributed by atoms with Crippen LogP contribution in [0.1, 0.15) is 6.92 Å². The quantitative estimate of drug-likeness (QED) is 0.575. The lowest BCUT2D eigenvalue weighted by Gasteiger charge is -2.12. The lowest BCUT2D eigenvalue weighted by molar-refractivity contribution is -0.113. The standard InChI is InChI=1S/C20H20FN3O3S/c1-3-27-17-8-7-15(12-18(17)26-2)23-19(25)13-28-20-22-9-10-24(20)16-6-4-5-14(21)11-16/h4-12H,3,13H2,1-2H3,(H,23,25). The Labute approximate surface area is 166 Å². The van der Waals surface area contributed by atoms with Crippen molar-refractivity contribution in [3.05, 3.63) is 60.7 Å². The molecule has 28 heavy (non-hydrogen) atoms. The first-order valence-corrected chi connectivity index (χ1v) is 9.62. The predicted octanol–water partition coefficient (Wildman–Crippen LogP) is 4.15. The number of rotatable bonds is 8. The van der Waals surface area contributed by atoms with Crippen LogP contribution in [0, 0.1) is 5.82 Å². The Morgan fingerprint density at radius 1 is 1.25 bits per heavy atom. The van der Waals surface area contributed by atoms with Crippen molar-refractivity contribution in [2.24, 2.45) is 0 Å². The van der Waals surface area contributed by atoms with Crippen LogP contribution in [-0.2, 0) is 4.79 Å². The molecule has 0 radical (unpaired) electrons. The van der Waals surface area contributed by atoms with E-state index in [1.54, 1.807) is 54.4 Å². The largest absolute Gasteiger partial charge is 0.493 e. The van der Waals surface area contributed by atoms with Gasteiger partial charge in [0, 0.05) is 24.1 Å². The molecule has 0 saturated carbocycles. The van der Waals surface area contributed by atoms with Crippen LogP contribution in [0.5, 0.6) is 11.5 Å². The van der Waals surface area contributed by atoms with E-state index in [4.69, 9.17) is 9.47 Å². The van der Waals surface area contributed by atoms with E-state index in [9.17, 15) is 9.18 Å². The van der Waals surface area contributed by atoms with Crippen LogP contribution >= 0.6 is 11.8 Å². The first-order valence-electron chi connectivity index (χ1n) is 8.63. The highest BCUT2D eigenvalue weighted by Crippen LogP contribution is 2.30. The summed E-state index contributed by atoms with van der Waals surface area (Å²) in [6, 6.07) is 11.4. The summed E-state index contributed by atoms with van der Waals surface area (Å²) in [5.74, 6) is 0.805. The fourth-order valence-corrected chi connectivity index (χ4v) is 3.34. The molecule has 1 aromatic heterocycles. The number of hydrogen-bond acceptors (Lipinski definition) is 5. The molecule has 0 spiro atoms. The topological polar surface area (TPSA) is 65.4 Å². The molecule has 0 fully saturated rings. The first kappa shape index (κ1) is 19.8. The molecule has 1 N–H and O–H groups in total. The van der Waals surface area contributed by atoms with Crippen LogP contribution in [-0.4, -0.2) is 34.9 Å². The zero-order valence-corrected chi connectivity index (χ0v) is 16.3. The van der Waals surface area contributed by atoms with E-state index < -0.39 is 0 Å². The van der Waals surface area contributed by atoms with Crippen LogP contribution < -0.4 is 14.8 Å². The molecule has 0 atom stereocenters. The van der Waals surface area contributed by atoms with Crippen molar-refractivity contribution in [2.75, 3.05) is 24.8 Å². The lowest BCUT2D eigenvalue weighted by Crippen LogP contribution is -2.14. The summed E-state index contributed by atoms with van der Waals surface area (Å²) in [5, 5.41) is 3.43. The number of amides is 1. The highest BCUT2D eigenvalue weighted by Gasteiger charge is 2.11. The number of benzene rings is 2. The number of halogens is 1. The van der Waals surface area contributed by atoms with Gasteiger partial charge >= 0.3 is 0 Å². The number of carbonyl (C=O) groups excluding carboxylic acids is 1. The summed E-state index contributed by atoms with van der Waals surface area (Å²) >= 11 is 1.26. The number of carbonyl (C=O) groups is 1. The van der Waals surface area contributed by atoms with Crippen molar-refractivity contribution in [3.8, 4) is 17.2 Å². The lowest BCUT2D eigenvalue weighted by atomic mass is 10.2. The molecule has 0 unspecified atom stereocenters. The van der Waals surface area contributed by atoms with Crippen molar-refractivity contribution in [3.63, 3.8) is 0 Å². The molecular formula is C20H20FN3O3S. The molecule has 8 heteroatoms. The second-order valence-corrected chi connectivity index (χ2v) is 6.64. The van der Waals surface area contributed by atoms with Gasteiger partial charge in [-0.1, -0.05) is 17.8 Å². The maximum Gasteiger partial charge on any atom is 0.234 e. The molecule has 0 bridgehead atoms. The molecule has 1 amide bonds. The van der Waals surface area contributed by atoms with Gasteiger partial charge in [0.1, 0.15) is 5.82 Å². The Bertz CT molecular complexity index is 961. The summed E-state index contributed by atoms with van der Waals surface area (Å²) < 4.78 is 26.0. The monoisotopic (exact) mass is 401 g/mol. The Balaban J connectivity index is 1.63. The molecule has 3 rings (SSSR count). The van der Waals surface area contributed by atoms with E-state index in [0.717, 1.165) is 0 Å². The second-order valence-electron chi connectivity index (χ2n) is 5.70. The molecule has 3 aromatic rings. The third-order valence-electron chi connectivity index (χ3n) is 3.77. The second kappa shape index (κ2) is 9.27. The van der Waals surface area contributed by atoms with Crippen molar-refractivity contribution in [1.82, 2.24) is 9.55 Å². The highest BCUT2D eigenvalue weighted by molar-refractivity contribution is 7.99. The van der Waals surface area contributed by atoms with Gasteiger partial charge in [0.05, 0.1) is 25.2 Å². The normalized spacial score (nSPS) is 10.5. The average molecular weight is 401 g/mol. The molecule has 6 nitrogen and oxygen atoms in total. The summed E-state index contributed by atoms with van der Waals surface area (Å²) in [5.41, 5.74) is 1.26.